The molecule has 2 atom stereocenters. The van der Waals surface area contributed by atoms with E-state index in [0.29, 0.717) is 0 Å². The van der Waals surface area contributed by atoms with Crippen LogP contribution in [-0.4, -0.2) is 34.8 Å². The Balaban J connectivity index is 4.61. The summed E-state index contributed by atoms with van der Waals surface area (Å²) in [5.41, 5.74) is 0. The van der Waals surface area contributed by atoms with Crippen LogP contribution in [0.3, 0.4) is 0 Å². The Morgan fingerprint density at radius 2 is 1.33 bits per heavy atom. The molecule has 0 aromatic carbocycles. The minimum atomic E-state index is -5.94. The van der Waals surface area contributed by atoms with Crippen LogP contribution in [0, 0.1) is 0 Å². The quantitative estimate of drug-likeness (QED) is 0.645. The maximum Gasteiger partial charge on any atom is 0.451 e. The van der Waals surface area contributed by atoms with Gasteiger partial charge in [0.05, 0.1) is 0 Å². The lowest BCUT2D eigenvalue weighted by atomic mass is 10.1. The molecule has 0 aromatic rings. The lowest BCUT2D eigenvalue weighted by molar-refractivity contribution is -0.357. The van der Waals surface area contributed by atoms with Crippen LogP contribution in [0.15, 0.2) is 0 Å². The van der Waals surface area contributed by atoms with Crippen LogP contribution in [0.25, 0.3) is 0 Å². The van der Waals surface area contributed by atoms with E-state index in [1.807, 2.05) is 0 Å². The smallest absolute Gasteiger partial charge is 0.381 e. The molecule has 2 unspecified atom stereocenters. The van der Waals surface area contributed by atoms with Crippen LogP contribution in [0.5, 0.6) is 0 Å². The summed E-state index contributed by atoms with van der Waals surface area (Å²) in [6.07, 6.45) is -13.7. The Kier molecular flexibility index (Phi) is 2.97. The van der Waals surface area contributed by atoms with Gasteiger partial charge < -0.3 is 10.2 Å². The van der Waals surface area contributed by atoms with Crippen molar-refractivity contribution in [3.63, 3.8) is 0 Å². The van der Waals surface area contributed by atoms with Crippen LogP contribution in [0.1, 0.15) is 0 Å². The molecule has 0 aliphatic rings. The second-order valence-corrected chi connectivity index (χ2v) is 1.95. The second-order valence-electron chi connectivity index (χ2n) is 1.95. The molecule has 12 heavy (non-hydrogen) atoms. The van der Waals surface area contributed by atoms with Crippen molar-refractivity contribution in [3.05, 3.63) is 0 Å². The second kappa shape index (κ2) is 3.09. The van der Waals surface area contributed by atoms with E-state index in [2.05, 4.69) is 0 Å². The number of hydrogen-bond donors (Lipinski definition) is 2. The molecule has 0 aromatic heterocycles. The van der Waals surface area contributed by atoms with Crippen molar-refractivity contribution < 1.29 is 36.6 Å². The van der Waals surface area contributed by atoms with Gasteiger partial charge in [-0.1, -0.05) is 0 Å². The maximum atomic E-state index is 11.9. The molecule has 74 valence electrons. The Morgan fingerprint density at radius 1 is 1.00 bits per heavy atom. The molecule has 0 saturated heterocycles. The standard InChI is InChI=1S/C4H4F6O2/c5-2(6)1(11)3(7,12)4(8,9)10/h1-2,11-12H. The predicted molar refractivity (Wildman–Crippen MR) is 24.1 cm³/mol. The lowest BCUT2D eigenvalue weighted by Gasteiger charge is -2.25. The number of hydrogen-bond acceptors (Lipinski definition) is 2. The number of aliphatic hydroxyl groups excluding tert-OH is 1. The number of alkyl halides is 6. The topological polar surface area (TPSA) is 40.5 Å². The monoisotopic (exact) mass is 198 g/mol. The fourth-order valence-electron chi connectivity index (χ4n) is 0.335. The molecule has 0 amide bonds. The molecule has 0 aliphatic carbocycles. The van der Waals surface area contributed by atoms with E-state index in [-0.39, 0.29) is 0 Å². The summed E-state index contributed by atoms with van der Waals surface area (Å²) in [4.78, 5) is 0. The molecule has 0 rings (SSSR count). The molecule has 0 aliphatic heterocycles. The molecular formula is C4H4F6O2. The van der Waals surface area contributed by atoms with Crippen molar-refractivity contribution in [1.29, 1.82) is 0 Å². The maximum absolute atomic E-state index is 11.9. The Hall–Kier alpha value is -0.500. The van der Waals surface area contributed by atoms with E-state index in [9.17, 15) is 26.3 Å². The van der Waals surface area contributed by atoms with Gasteiger partial charge in [0.2, 0.25) is 0 Å². The van der Waals surface area contributed by atoms with E-state index < -0.39 is 24.6 Å². The largest absolute Gasteiger partial charge is 0.451 e. The predicted octanol–water partition coefficient (Wildman–Crippen LogP) is 0.833. The van der Waals surface area contributed by atoms with Crippen LogP contribution >= 0.6 is 0 Å². The van der Waals surface area contributed by atoms with E-state index in [1.165, 1.54) is 0 Å². The first-order chi connectivity index (χ1) is 5.10. The molecular weight excluding hydrogens is 194 g/mol. The minimum absolute atomic E-state index is 3.79. The van der Waals surface area contributed by atoms with Crippen molar-refractivity contribution in [2.75, 3.05) is 0 Å². The van der Waals surface area contributed by atoms with Gasteiger partial charge in [0.25, 0.3) is 6.43 Å². The fourth-order valence-corrected chi connectivity index (χ4v) is 0.335. The molecule has 2 N–H and O–H groups in total. The average Bonchev–Trinajstić information content (AvgIpc) is 1.83. The highest BCUT2D eigenvalue weighted by atomic mass is 19.4. The number of rotatable bonds is 2. The summed E-state index contributed by atoms with van der Waals surface area (Å²) in [6, 6.07) is 0. The Labute approximate surface area is 62.4 Å². The van der Waals surface area contributed by atoms with Crippen LogP contribution < -0.4 is 0 Å². The summed E-state index contributed by atoms with van der Waals surface area (Å²) in [6.45, 7) is 0. The van der Waals surface area contributed by atoms with Gasteiger partial charge >= 0.3 is 12.0 Å². The summed E-state index contributed by atoms with van der Waals surface area (Å²) in [5, 5.41) is 15.7. The summed E-state index contributed by atoms with van der Waals surface area (Å²) >= 11 is 0. The average molecular weight is 198 g/mol. The normalized spacial score (nSPS) is 20.8. The van der Waals surface area contributed by atoms with Gasteiger partial charge in [-0.2, -0.15) is 17.6 Å². The van der Waals surface area contributed by atoms with Crippen LogP contribution in [0.2, 0.25) is 0 Å². The number of halogens is 6. The number of aliphatic hydroxyl groups is 2. The third-order valence-corrected chi connectivity index (χ3v) is 1.03. The zero-order valence-electron chi connectivity index (χ0n) is 5.32. The van der Waals surface area contributed by atoms with E-state index in [4.69, 9.17) is 10.2 Å². The van der Waals surface area contributed by atoms with Gasteiger partial charge in [0, 0.05) is 0 Å². The SMILES string of the molecule is OC(C(F)F)C(O)(F)C(F)(F)F. The van der Waals surface area contributed by atoms with Crippen molar-refractivity contribution in [2.45, 2.75) is 24.6 Å². The molecule has 0 saturated carbocycles. The van der Waals surface area contributed by atoms with Gasteiger partial charge in [-0.05, 0) is 0 Å². The van der Waals surface area contributed by atoms with Crippen molar-refractivity contribution in [1.82, 2.24) is 0 Å². The van der Waals surface area contributed by atoms with Gasteiger partial charge in [-0.25, -0.2) is 8.78 Å². The Bertz CT molecular complexity index is 152. The van der Waals surface area contributed by atoms with E-state index in [0.717, 1.165) is 0 Å². The van der Waals surface area contributed by atoms with Crippen LogP contribution in [0.4, 0.5) is 26.3 Å². The third kappa shape index (κ3) is 2.01. The first kappa shape index (κ1) is 11.5. The summed E-state index contributed by atoms with van der Waals surface area (Å²) < 4.78 is 68.5. The minimum Gasteiger partial charge on any atom is -0.381 e. The van der Waals surface area contributed by atoms with E-state index in [1.54, 1.807) is 0 Å². The highest BCUT2D eigenvalue weighted by molar-refractivity contribution is 4.84. The fraction of sp³-hybridized carbons (Fsp3) is 1.00. The van der Waals surface area contributed by atoms with Crippen molar-refractivity contribution in [3.8, 4) is 0 Å². The molecule has 0 bridgehead atoms. The molecule has 2 nitrogen and oxygen atoms in total. The Morgan fingerprint density at radius 3 is 1.42 bits per heavy atom. The van der Waals surface area contributed by atoms with E-state index >= 15 is 0 Å². The molecule has 8 heteroatoms. The van der Waals surface area contributed by atoms with Crippen molar-refractivity contribution >= 4 is 0 Å². The zero-order chi connectivity index (χ0) is 10.2. The van der Waals surface area contributed by atoms with Gasteiger partial charge in [0.1, 0.15) is 0 Å². The van der Waals surface area contributed by atoms with Crippen molar-refractivity contribution in [2.24, 2.45) is 0 Å². The first-order valence-electron chi connectivity index (χ1n) is 2.55. The highest BCUT2D eigenvalue weighted by Crippen LogP contribution is 2.36. The molecule has 0 radical (unpaired) electrons. The van der Waals surface area contributed by atoms with Gasteiger partial charge in [-0.3, -0.25) is 0 Å². The summed E-state index contributed by atoms with van der Waals surface area (Å²) in [5.74, 6) is -5.28. The molecule has 0 fully saturated rings. The lowest BCUT2D eigenvalue weighted by Crippen LogP contribution is -2.53. The first-order valence-corrected chi connectivity index (χ1v) is 2.55. The molecule has 0 heterocycles. The highest BCUT2D eigenvalue weighted by Gasteiger charge is 2.62. The van der Waals surface area contributed by atoms with Gasteiger partial charge in [0.15, 0.2) is 6.10 Å². The van der Waals surface area contributed by atoms with Crippen LogP contribution in [-0.2, 0) is 0 Å². The third-order valence-electron chi connectivity index (χ3n) is 1.03. The summed E-state index contributed by atoms with van der Waals surface area (Å²) in [7, 11) is 0. The molecule has 0 spiro atoms. The zero-order valence-corrected chi connectivity index (χ0v) is 5.32. The van der Waals surface area contributed by atoms with Gasteiger partial charge in [-0.15, -0.1) is 0 Å².